The molecule has 0 bridgehead atoms. The summed E-state index contributed by atoms with van der Waals surface area (Å²) in [5.74, 6) is 0. The molecule has 1 aliphatic carbocycles. The molecule has 2 nitrogen and oxygen atoms in total. The van der Waals surface area contributed by atoms with Crippen LogP contribution < -0.4 is 11.1 Å². The van der Waals surface area contributed by atoms with Gasteiger partial charge in [-0.25, -0.2) is 0 Å². The zero-order valence-electron chi connectivity index (χ0n) is 10.4. The molecule has 0 atom stereocenters. The SMILES string of the molecule is CCCC1(CNCc2ccc(Br)c(N)c2)CC1. The van der Waals surface area contributed by atoms with E-state index in [1.54, 1.807) is 0 Å². The third kappa shape index (κ3) is 3.46. The third-order valence-corrected chi connectivity index (χ3v) is 4.35. The molecule has 17 heavy (non-hydrogen) atoms. The molecule has 3 N–H and O–H groups in total. The molecular weight excluding hydrogens is 276 g/mol. The van der Waals surface area contributed by atoms with Gasteiger partial charge in [-0.05, 0) is 58.3 Å². The Morgan fingerprint density at radius 2 is 2.18 bits per heavy atom. The van der Waals surface area contributed by atoms with Crippen molar-refractivity contribution in [3.05, 3.63) is 28.2 Å². The summed E-state index contributed by atoms with van der Waals surface area (Å²) in [4.78, 5) is 0. The predicted molar refractivity (Wildman–Crippen MR) is 76.8 cm³/mol. The van der Waals surface area contributed by atoms with E-state index in [1.807, 2.05) is 12.1 Å². The van der Waals surface area contributed by atoms with Gasteiger partial charge in [0.15, 0.2) is 0 Å². The van der Waals surface area contributed by atoms with Crippen LogP contribution in [0.5, 0.6) is 0 Å². The first-order valence-electron chi connectivity index (χ1n) is 6.40. The van der Waals surface area contributed by atoms with E-state index in [0.717, 1.165) is 23.2 Å². The molecule has 0 saturated heterocycles. The Bertz CT molecular complexity index is 386. The highest BCUT2D eigenvalue weighted by molar-refractivity contribution is 9.10. The van der Waals surface area contributed by atoms with Crippen LogP contribution in [0.15, 0.2) is 22.7 Å². The number of rotatable bonds is 6. The topological polar surface area (TPSA) is 38.0 Å². The summed E-state index contributed by atoms with van der Waals surface area (Å²) in [6.07, 6.45) is 5.46. The van der Waals surface area contributed by atoms with Crippen molar-refractivity contribution in [1.82, 2.24) is 5.32 Å². The lowest BCUT2D eigenvalue weighted by Crippen LogP contribution is -2.23. The maximum absolute atomic E-state index is 5.86. The molecule has 1 aromatic rings. The van der Waals surface area contributed by atoms with Crippen molar-refractivity contribution >= 4 is 21.6 Å². The molecule has 0 heterocycles. The molecule has 0 spiro atoms. The van der Waals surface area contributed by atoms with E-state index in [2.05, 4.69) is 34.2 Å². The van der Waals surface area contributed by atoms with Gasteiger partial charge in [-0.1, -0.05) is 19.4 Å². The molecular formula is C14H21BrN2. The number of hydrogen-bond donors (Lipinski definition) is 2. The van der Waals surface area contributed by atoms with Crippen molar-refractivity contribution in [2.45, 2.75) is 39.2 Å². The second-order valence-corrected chi connectivity index (χ2v) is 6.06. The van der Waals surface area contributed by atoms with Crippen LogP contribution in [-0.4, -0.2) is 6.54 Å². The average molecular weight is 297 g/mol. The van der Waals surface area contributed by atoms with Crippen molar-refractivity contribution in [3.63, 3.8) is 0 Å². The molecule has 1 fully saturated rings. The Kier molecular flexibility index (Phi) is 4.10. The minimum Gasteiger partial charge on any atom is -0.398 e. The lowest BCUT2D eigenvalue weighted by atomic mass is 10.0. The highest BCUT2D eigenvalue weighted by Gasteiger charge is 2.40. The number of benzene rings is 1. The Balaban J connectivity index is 1.80. The van der Waals surface area contributed by atoms with Crippen LogP contribution in [0, 0.1) is 5.41 Å². The molecule has 0 amide bonds. The van der Waals surface area contributed by atoms with Crippen LogP contribution in [0.3, 0.4) is 0 Å². The largest absolute Gasteiger partial charge is 0.398 e. The van der Waals surface area contributed by atoms with Crippen molar-refractivity contribution in [2.75, 3.05) is 12.3 Å². The van der Waals surface area contributed by atoms with Crippen LogP contribution >= 0.6 is 15.9 Å². The van der Waals surface area contributed by atoms with Gasteiger partial charge in [0.05, 0.1) is 0 Å². The molecule has 0 radical (unpaired) electrons. The molecule has 0 unspecified atom stereocenters. The second-order valence-electron chi connectivity index (χ2n) is 5.21. The normalized spacial score (nSPS) is 17.1. The lowest BCUT2D eigenvalue weighted by Gasteiger charge is -2.15. The quantitative estimate of drug-likeness (QED) is 0.786. The number of nitrogens with two attached hydrogens (primary N) is 1. The van der Waals surface area contributed by atoms with Crippen LogP contribution in [0.4, 0.5) is 5.69 Å². The molecule has 1 saturated carbocycles. The molecule has 1 aliphatic rings. The van der Waals surface area contributed by atoms with Crippen molar-refractivity contribution < 1.29 is 0 Å². The number of nitrogen functional groups attached to an aromatic ring is 1. The summed E-state index contributed by atoms with van der Waals surface area (Å²) < 4.78 is 0.978. The smallest absolute Gasteiger partial charge is 0.0461 e. The van der Waals surface area contributed by atoms with Crippen molar-refractivity contribution in [3.8, 4) is 0 Å². The molecule has 1 aromatic carbocycles. The maximum atomic E-state index is 5.86. The number of anilines is 1. The van der Waals surface area contributed by atoms with E-state index in [-0.39, 0.29) is 0 Å². The van der Waals surface area contributed by atoms with Gasteiger partial charge < -0.3 is 11.1 Å². The zero-order chi connectivity index (χ0) is 12.3. The molecule has 94 valence electrons. The highest BCUT2D eigenvalue weighted by atomic mass is 79.9. The van der Waals surface area contributed by atoms with E-state index in [4.69, 9.17) is 5.73 Å². The van der Waals surface area contributed by atoms with Gasteiger partial charge in [0.25, 0.3) is 0 Å². The summed E-state index contributed by atoms with van der Waals surface area (Å²) in [5, 5.41) is 3.57. The molecule has 0 aliphatic heterocycles. The van der Waals surface area contributed by atoms with Crippen molar-refractivity contribution in [2.24, 2.45) is 5.41 Å². The van der Waals surface area contributed by atoms with Gasteiger partial charge in [-0.2, -0.15) is 0 Å². The van der Waals surface area contributed by atoms with Gasteiger partial charge in [0, 0.05) is 23.2 Å². The van der Waals surface area contributed by atoms with E-state index in [0.29, 0.717) is 5.41 Å². The van der Waals surface area contributed by atoms with Crippen molar-refractivity contribution in [1.29, 1.82) is 0 Å². The fourth-order valence-electron chi connectivity index (χ4n) is 2.40. The summed E-state index contributed by atoms with van der Waals surface area (Å²) in [7, 11) is 0. The first kappa shape index (κ1) is 12.9. The first-order chi connectivity index (χ1) is 8.15. The summed E-state index contributed by atoms with van der Waals surface area (Å²) in [6, 6.07) is 6.18. The Morgan fingerprint density at radius 3 is 2.76 bits per heavy atom. The van der Waals surface area contributed by atoms with Crippen LogP contribution in [0.2, 0.25) is 0 Å². The summed E-state index contributed by atoms with van der Waals surface area (Å²) in [5.41, 5.74) is 8.56. The van der Waals surface area contributed by atoms with Crippen LogP contribution in [0.25, 0.3) is 0 Å². The van der Waals surface area contributed by atoms with E-state index >= 15 is 0 Å². The third-order valence-electron chi connectivity index (χ3n) is 3.63. The maximum Gasteiger partial charge on any atom is 0.0461 e. The predicted octanol–water partition coefficient (Wildman–Crippen LogP) is 3.70. The van der Waals surface area contributed by atoms with Gasteiger partial charge in [0.2, 0.25) is 0 Å². The first-order valence-corrected chi connectivity index (χ1v) is 7.19. The molecule has 0 aromatic heterocycles. The standard InChI is InChI=1S/C14H21BrN2/c1-2-5-14(6-7-14)10-17-9-11-3-4-12(15)13(16)8-11/h3-4,8,17H,2,5-7,9-10,16H2,1H3. The van der Waals surface area contributed by atoms with Gasteiger partial charge in [-0.3, -0.25) is 0 Å². The van der Waals surface area contributed by atoms with Crippen LogP contribution in [0.1, 0.15) is 38.2 Å². The second kappa shape index (κ2) is 5.40. The molecule has 3 heteroatoms. The Morgan fingerprint density at radius 1 is 1.41 bits per heavy atom. The summed E-state index contributed by atoms with van der Waals surface area (Å²) >= 11 is 3.41. The monoisotopic (exact) mass is 296 g/mol. The van der Waals surface area contributed by atoms with Crippen LogP contribution in [-0.2, 0) is 6.54 Å². The average Bonchev–Trinajstić information content (AvgIpc) is 3.04. The number of nitrogens with one attached hydrogen (secondary N) is 1. The fourth-order valence-corrected chi connectivity index (χ4v) is 2.64. The number of hydrogen-bond acceptors (Lipinski definition) is 2. The van der Waals surface area contributed by atoms with E-state index < -0.39 is 0 Å². The van der Waals surface area contributed by atoms with E-state index in [9.17, 15) is 0 Å². The fraction of sp³-hybridized carbons (Fsp3) is 0.571. The summed E-state index contributed by atoms with van der Waals surface area (Å²) in [6.45, 7) is 4.34. The lowest BCUT2D eigenvalue weighted by molar-refractivity contribution is 0.421. The van der Waals surface area contributed by atoms with Gasteiger partial charge in [-0.15, -0.1) is 0 Å². The minimum absolute atomic E-state index is 0.621. The molecule has 2 rings (SSSR count). The highest BCUT2D eigenvalue weighted by Crippen LogP contribution is 2.48. The van der Waals surface area contributed by atoms with Gasteiger partial charge in [0.1, 0.15) is 0 Å². The minimum atomic E-state index is 0.621. The zero-order valence-corrected chi connectivity index (χ0v) is 12.0. The Labute approximate surface area is 112 Å². The van der Waals surface area contributed by atoms with E-state index in [1.165, 1.54) is 31.2 Å². The number of halogens is 1. The van der Waals surface area contributed by atoms with Gasteiger partial charge >= 0.3 is 0 Å². The Hall–Kier alpha value is -0.540.